The van der Waals surface area contributed by atoms with Gasteiger partial charge in [0, 0.05) is 17.8 Å². The van der Waals surface area contributed by atoms with Gasteiger partial charge in [0.15, 0.2) is 0 Å². The molecule has 0 fully saturated rings. The molecule has 0 radical (unpaired) electrons. The number of anilines is 2. The highest BCUT2D eigenvalue weighted by atomic mass is 16.5. The predicted octanol–water partition coefficient (Wildman–Crippen LogP) is 3.50. The predicted molar refractivity (Wildman–Crippen MR) is 116 cm³/mol. The molecule has 0 bridgehead atoms. The minimum Gasteiger partial charge on any atom is -0.495 e. The number of hydrogen-bond donors (Lipinski definition) is 3. The third-order valence-electron chi connectivity index (χ3n) is 4.32. The molecule has 2 rings (SSSR count). The lowest BCUT2D eigenvalue weighted by Gasteiger charge is -2.15. The number of unbranched alkanes of at least 4 members (excludes halogenated alkanes) is 2. The molecule has 29 heavy (non-hydrogen) atoms. The number of rotatable bonds is 9. The zero-order chi connectivity index (χ0) is 21.1. The summed E-state index contributed by atoms with van der Waals surface area (Å²) in [6, 6.07) is 13.4. The van der Waals surface area contributed by atoms with Gasteiger partial charge in [0.2, 0.25) is 0 Å². The molecule has 0 aromatic heterocycles. The van der Waals surface area contributed by atoms with E-state index < -0.39 is 11.8 Å². The first kappa shape index (κ1) is 21.9. The summed E-state index contributed by atoms with van der Waals surface area (Å²) in [7, 11) is 1.59. The third-order valence-corrected chi connectivity index (χ3v) is 4.32. The smallest absolute Gasteiger partial charge is 0.329 e. The molecule has 2 aromatic rings. The molecule has 7 nitrogen and oxygen atoms in total. The van der Waals surface area contributed by atoms with E-state index in [1.807, 2.05) is 49.4 Å². The standard InChI is InChI=1S/C22H28N4O3/c1-4-5-8-14-23-21(27)22(28)26-24-15-17-11-9-13-19(29-3)20(17)25-18-12-7-6-10-16(18)2/h6-7,9-13,15,25H,4-5,8,14H2,1-3H3,(H,23,27)(H,26,28)/b24-15-. The van der Waals surface area contributed by atoms with E-state index in [1.54, 1.807) is 7.11 Å². The number of carbonyl (C=O) groups is 2. The second-order valence-corrected chi connectivity index (χ2v) is 6.53. The number of hydrazone groups is 1. The van der Waals surface area contributed by atoms with Gasteiger partial charge in [-0.25, -0.2) is 5.43 Å². The van der Waals surface area contributed by atoms with Gasteiger partial charge in [-0.2, -0.15) is 5.10 Å². The van der Waals surface area contributed by atoms with E-state index in [0.29, 0.717) is 23.5 Å². The highest BCUT2D eigenvalue weighted by Crippen LogP contribution is 2.31. The fraction of sp³-hybridized carbons (Fsp3) is 0.318. The number of para-hydroxylation sites is 2. The third kappa shape index (κ3) is 6.64. The number of carbonyl (C=O) groups excluding carboxylic acids is 2. The van der Waals surface area contributed by atoms with Gasteiger partial charge < -0.3 is 15.4 Å². The van der Waals surface area contributed by atoms with Gasteiger partial charge in [-0.05, 0) is 31.0 Å². The van der Waals surface area contributed by atoms with Crippen molar-refractivity contribution in [3.8, 4) is 5.75 Å². The van der Waals surface area contributed by atoms with Crippen LogP contribution in [-0.2, 0) is 9.59 Å². The van der Waals surface area contributed by atoms with Crippen molar-refractivity contribution in [1.82, 2.24) is 10.7 Å². The molecule has 0 atom stereocenters. The molecule has 154 valence electrons. The number of aryl methyl sites for hydroxylation is 1. The first-order valence-corrected chi connectivity index (χ1v) is 9.67. The second-order valence-electron chi connectivity index (χ2n) is 6.53. The van der Waals surface area contributed by atoms with Gasteiger partial charge in [0.25, 0.3) is 0 Å². The minimum atomic E-state index is -0.797. The maximum atomic E-state index is 11.9. The average Bonchev–Trinajstić information content (AvgIpc) is 2.73. The number of benzene rings is 2. The number of nitrogens with one attached hydrogen (secondary N) is 3. The Bertz CT molecular complexity index is 865. The van der Waals surface area contributed by atoms with Gasteiger partial charge in [0.1, 0.15) is 5.75 Å². The Labute approximate surface area is 171 Å². The number of hydrogen-bond acceptors (Lipinski definition) is 5. The van der Waals surface area contributed by atoms with E-state index in [4.69, 9.17) is 4.74 Å². The summed E-state index contributed by atoms with van der Waals surface area (Å²) in [6.07, 6.45) is 4.38. The van der Waals surface area contributed by atoms with Crippen LogP contribution in [0.15, 0.2) is 47.6 Å². The zero-order valence-electron chi connectivity index (χ0n) is 17.1. The van der Waals surface area contributed by atoms with Crippen LogP contribution in [0.2, 0.25) is 0 Å². The summed E-state index contributed by atoms with van der Waals surface area (Å²) in [6.45, 7) is 4.55. The van der Waals surface area contributed by atoms with Crippen molar-refractivity contribution in [1.29, 1.82) is 0 Å². The zero-order valence-corrected chi connectivity index (χ0v) is 17.1. The summed E-state index contributed by atoms with van der Waals surface area (Å²) in [5.74, 6) is -0.853. The highest BCUT2D eigenvalue weighted by Gasteiger charge is 2.12. The van der Waals surface area contributed by atoms with Crippen LogP contribution in [0.5, 0.6) is 5.75 Å². The molecular weight excluding hydrogens is 368 g/mol. The molecule has 0 spiro atoms. The Balaban J connectivity index is 2.07. The molecule has 0 saturated heterocycles. The quantitative estimate of drug-likeness (QED) is 0.262. The molecule has 2 amide bonds. The number of nitrogens with zero attached hydrogens (tertiary/aromatic N) is 1. The normalized spacial score (nSPS) is 10.6. The van der Waals surface area contributed by atoms with Gasteiger partial charge in [-0.3, -0.25) is 9.59 Å². The lowest BCUT2D eigenvalue weighted by Crippen LogP contribution is -2.38. The summed E-state index contributed by atoms with van der Waals surface area (Å²) in [4.78, 5) is 23.6. The van der Waals surface area contributed by atoms with Gasteiger partial charge in [0.05, 0.1) is 19.0 Å². The monoisotopic (exact) mass is 396 g/mol. The summed E-state index contributed by atoms with van der Waals surface area (Å²) >= 11 is 0. The van der Waals surface area contributed by atoms with E-state index in [9.17, 15) is 9.59 Å². The van der Waals surface area contributed by atoms with Crippen LogP contribution < -0.4 is 20.8 Å². The summed E-state index contributed by atoms with van der Waals surface area (Å²) < 4.78 is 5.45. The van der Waals surface area contributed by atoms with E-state index >= 15 is 0 Å². The first-order valence-electron chi connectivity index (χ1n) is 9.67. The van der Waals surface area contributed by atoms with Crippen LogP contribution >= 0.6 is 0 Å². The summed E-state index contributed by atoms with van der Waals surface area (Å²) in [5.41, 5.74) is 5.69. The molecule has 0 saturated carbocycles. The van der Waals surface area contributed by atoms with Crippen LogP contribution in [0.1, 0.15) is 37.3 Å². The molecule has 0 unspecified atom stereocenters. The average molecular weight is 396 g/mol. The van der Waals surface area contributed by atoms with E-state index in [-0.39, 0.29) is 0 Å². The SMILES string of the molecule is CCCCCNC(=O)C(=O)N/N=C\c1cccc(OC)c1Nc1ccccc1C. The molecular formula is C22H28N4O3. The number of ether oxygens (including phenoxy) is 1. The lowest BCUT2D eigenvalue weighted by atomic mass is 10.1. The van der Waals surface area contributed by atoms with Crippen molar-refractivity contribution in [2.24, 2.45) is 5.10 Å². The van der Waals surface area contributed by atoms with E-state index in [1.165, 1.54) is 6.21 Å². The maximum Gasteiger partial charge on any atom is 0.329 e. The van der Waals surface area contributed by atoms with Gasteiger partial charge >= 0.3 is 11.8 Å². The van der Waals surface area contributed by atoms with E-state index in [2.05, 4.69) is 28.1 Å². The van der Waals surface area contributed by atoms with Crippen LogP contribution in [0.3, 0.4) is 0 Å². The summed E-state index contributed by atoms with van der Waals surface area (Å²) in [5, 5.41) is 9.86. The second kappa shape index (κ2) is 11.5. The fourth-order valence-electron chi connectivity index (χ4n) is 2.68. The Hall–Kier alpha value is -3.35. The molecule has 0 aliphatic heterocycles. The van der Waals surface area contributed by atoms with Gasteiger partial charge in [-0.1, -0.05) is 50.1 Å². The Morgan fingerprint density at radius 3 is 2.59 bits per heavy atom. The molecule has 2 aromatic carbocycles. The van der Waals surface area contributed by atoms with E-state index in [0.717, 1.165) is 30.5 Å². The number of amides is 2. The van der Waals surface area contributed by atoms with Crippen LogP contribution in [-0.4, -0.2) is 31.7 Å². The van der Waals surface area contributed by atoms with Crippen molar-refractivity contribution in [2.45, 2.75) is 33.1 Å². The fourth-order valence-corrected chi connectivity index (χ4v) is 2.68. The molecule has 7 heteroatoms. The van der Waals surface area contributed by atoms with Crippen molar-refractivity contribution >= 4 is 29.4 Å². The highest BCUT2D eigenvalue weighted by molar-refractivity contribution is 6.35. The van der Waals surface area contributed by atoms with Gasteiger partial charge in [-0.15, -0.1) is 0 Å². The van der Waals surface area contributed by atoms with Crippen LogP contribution in [0.25, 0.3) is 0 Å². The van der Waals surface area contributed by atoms with Crippen LogP contribution in [0, 0.1) is 6.92 Å². The topological polar surface area (TPSA) is 91.8 Å². The molecule has 0 aliphatic carbocycles. The van der Waals surface area contributed by atoms with Crippen molar-refractivity contribution in [2.75, 3.05) is 19.0 Å². The minimum absolute atomic E-state index is 0.476. The molecule has 3 N–H and O–H groups in total. The van der Waals surface area contributed by atoms with Crippen molar-refractivity contribution < 1.29 is 14.3 Å². The number of methoxy groups -OCH3 is 1. The van der Waals surface area contributed by atoms with Crippen molar-refractivity contribution in [3.63, 3.8) is 0 Å². The Kier molecular flexibility index (Phi) is 8.69. The molecule has 0 aliphatic rings. The van der Waals surface area contributed by atoms with Crippen molar-refractivity contribution in [3.05, 3.63) is 53.6 Å². The maximum absolute atomic E-state index is 11.9. The Morgan fingerprint density at radius 2 is 1.86 bits per heavy atom. The largest absolute Gasteiger partial charge is 0.495 e. The van der Waals surface area contributed by atoms with Crippen LogP contribution in [0.4, 0.5) is 11.4 Å². The lowest BCUT2D eigenvalue weighted by molar-refractivity contribution is -0.139. The Morgan fingerprint density at radius 1 is 1.07 bits per heavy atom. The first-order chi connectivity index (χ1) is 14.1. The molecule has 0 heterocycles.